The number of halogens is 1. The van der Waals surface area contributed by atoms with E-state index >= 15 is 0 Å². The molecule has 5 nitrogen and oxygen atoms in total. The van der Waals surface area contributed by atoms with E-state index in [2.05, 4.69) is 15.5 Å². The van der Waals surface area contributed by atoms with Gasteiger partial charge in [0, 0.05) is 5.92 Å². The molecule has 7 heteroatoms. The van der Waals surface area contributed by atoms with Crippen LogP contribution in [-0.4, -0.2) is 22.7 Å². The number of amides is 1. The fraction of sp³-hybridized carbons (Fsp3) is 0.357. The van der Waals surface area contributed by atoms with Gasteiger partial charge in [-0.3, -0.25) is 4.79 Å². The van der Waals surface area contributed by atoms with Gasteiger partial charge < -0.3 is 10.1 Å². The lowest BCUT2D eigenvalue weighted by Crippen LogP contribution is -2.15. The van der Waals surface area contributed by atoms with Gasteiger partial charge in [0.05, 0.1) is 13.0 Å². The first-order valence-electron chi connectivity index (χ1n) is 6.56. The van der Waals surface area contributed by atoms with Crippen LogP contribution in [0.25, 0.3) is 0 Å². The Balaban J connectivity index is 1.75. The first-order chi connectivity index (χ1) is 10.0. The lowest BCUT2D eigenvalue weighted by molar-refractivity contribution is -0.116. The predicted molar refractivity (Wildman–Crippen MR) is 79.1 cm³/mol. The summed E-state index contributed by atoms with van der Waals surface area (Å²) in [5, 5.41) is 12.0. The summed E-state index contributed by atoms with van der Waals surface area (Å²) in [6, 6.07) is 5.66. The molecule has 21 heavy (non-hydrogen) atoms. The molecule has 2 rings (SSSR count). The van der Waals surface area contributed by atoms with E-state index in [0.717, 1.165) is 5.01 Å². The minimum atomic E-state index is -0.322. The van der Waals surface area contributed by atoms with Gasteiger partial charge in [-0.25, -0.2) is 4.39 Å². The third kappa shape index (κ3) is 4.78. The van der Waals surface area contributed by atoms with E-state index in [9.17, 15) is 9.18 Å². The Kier molecular flexibility index (Phi) is 5.21. The number of nitrogens with zero attached hydrogens (tertiary/aromatic N) is 2. The molecule has 1 heterocycles. The normalized spacial score (nSPS) is 10.7. The number of hydrogen-bond acceptors (Lipinski definition) is 5. The van der Waals surface area contributed by atoms with Gasteiger partial charge in [-0.1, -0.05) is 25.2 Å². The van der Waals surface area contributed by atoms with Crippen LogP contribution in [0.2, 0.25) is 0 Å². The zero-order valence-electron chi connectivity index (χ0n) is 11.8. The number of benzene rings is 1. The maximum atomic E-state index is 12.7. The summed E-state index contributed by atoms with van der Waals surface area (Å²) in [4.78, 5) is 11.7. The molecule has 112 valence electrons. The summed E-state index contributed by atoms with van der Waals surface area (Å²) in [5.74, 6) is 0.304. The molecule has 0 saturated carbocycles. The second-order valence-corrected chi connectivity index (χ2v) is 5.71. The molecule has 0 radical (unpaired) electrons. The average Bonchev–Trinajstić information content (AvgIpc) is 2.90. The van der Waals surface area contributed by atoms with E-state index in [1.165, 1.54) is 35.6 Å². The molecule has 0 atom stereocenters. The predicted octanol–water partition coefficient (Wildman–Crippen LogP) is 3.21. The molecule has 1 N–H and O–H groups in total. The van der Waals surface area contributed by atoms with Gasteiger partial charge in [0.1, 0.15) is 16.6 Å². The Bertz CT molecular complexity index is 599. The summed E-state index contributed by atoms with van der Waals surface area (Å²) in [6.07, 6.45) is 0.188. The molecule has 0 bridgehead atoms. The van der Waals surface area contributed by atoms with Crippen molar-refractivity contribution in [2.24, 2.45) is 0 Å². The molecule has 1 amide bonds. The van der Waals surface area contributed by atoms with Crippen LogP contribution in [0.5, 0.6) is 5.75 Å². The topological polar surface area (TPSA) is 64.1 Å². The van der Waals surface area contributed by atoms with E-state index in [0.29, 0.717) is 10.9 Å². The molecule has 0 fully saturated rings. The maximum Gasteiger partial charge on any atom is 0.229 e. The Morgan fingerprint density at radius 1 is 1.33 bits per heavy atom. The summed E-state index contributed by atoms with van der Waals surface area (Å²) in [5.41, 5.74) is 0. The number of hydrogen-bond donors (Lipinski definition) is 1. The first-order valence-corrected chi connectivity index (χ1v) is 7.38. The molecular formula is C14H16FN3O2S. The highest BCUT2D eigenvalue weighted by atomic mass is 32.1. The minimum absolute atomic E-state index is 0.188. The summed E-state index contributed by atoms with van der Waals surface area (Å²) >= 11 is 1.36. The molecule has 0 aliphatic rings. The Morgan fingerprint density at radius 3 is 2.67 bits per heavy atom. The summed E-state index contributed by atoms with van der Waals surface area (Å²) < 4.78 is 18.1. The lowest BCUT2D eigenvalue weighted by atomic mass is 10.2. The van der Waals surface area contributed by atoms with Gasteiger partial charge in [-0.05, 0) is 24.3 Å². The zero-order valence-corrected chi connectivity index (χ0v) is 12.6. The Labute approximate surface area is 126 Å². The fourth-order valence-corrected chi connectivity index (χ4v) is 2.25. The fourth-order valence-electron chi connectivity index (χ4n) is 1.49. The average molecular weight is 309 g/mol. The van der Waals surface area contributed by atoms with Crippen LogP contribution < -0.4 is 10.1 Å². The van der Waals surface area contributed by atoms with Crippen molar-refractivity contribution in [3.63, 3.8) is 0 Å². The lowest BCUT2D eigenvalue weighted by Gasteiger charge is -2.05. The quantitative estimate of drug-likeness (QED) is 0.890. The zero-order chi connectivity index (χ0) is 15.2. The number of ether oxygens (including phenoxy) is 1. The van der Waals surface area contributed by atoms with Crippen LogP contribution in [0.1, 0.15) is 31.2 Å². The maximum absolute atomic E-state index is 12.7. The molecule has 0 aliphatic heterocycles. The SMILES string of the molecule is CC(C)c1nnc(NC(=O)CCOc2ccc(F)cc2)s1. The smallest absolute Gasteiger partial charge is 0.229 e. The second kappa shape index (κ2) is 7.12. The number of carbonyl (C=O) groups is 1. The van der Waals surface area contributed by atoms with E-state index in [4.69, 9.17) is 4.74 Å². The third-order valence-corrected chi connectivity index (χ3v) is 3.73. The van der Waals surface area contributed by atoms with Gasteiger partial charge in [-0.2, -0.15) is 0 Å². The standard InChI is InChI=1S/C14H16FN3O2S/c1-9(2)13-17-18-14(21-13)16-12(19)7-8-20-11-5-3-10(15)4-6-11/h3-6,9H,7-8H2,1-2H3,(H,16,18,19). The molecule has 0 aliphatic carbocycles. The van der Waals surface area contributed by atoms with E-state index < -0.39 is 0 Å². The number of nitrogens with one attached hydrogen (secondary N) is 1. The van der Waals surface area contributed by atoms with Gasteiger partial charge in [-0.15, -0.1) is 10.2 Å². The molecule has 1 aromatic carbocycles. The number of rotatable bonds is 6. The molecule has 0 spiro atoms. The summed E-state index contributed by atoms with van der Waals surface area (Å²) in [6.45, 7) is 4.25. The Morgan fingerprint density at radius 2 is 2.05 bits per heavy atom. The highest BCUT2D eigenvalue weighted by Gasteiger charge is 2.10. The second-order valence-electron chi connectivity index (χ2n) is 4.70. The highest BCUT2D eigenvalue weighted by molar-refractivity contribution is 7.15. The van der Waals surface area contributed by atoms with Crippen LogP contribution >= 0.6 is 11.3 Å². The van der Waals surface area contributed by atoms with Crippen molar-refractivity contribution in [1.82, 2.24) is 10.2 Å². The molecule has 0 saturated heterocycles. The summed E-state index contributed by atoms with van der Waals surface area (Å²) in [7, 11) is 0. The van der Waals surface area contributed by atoms with Gasteiger partial charge in [0.25, 0.3) is 0 Å². The van der Waals surface area contributed by atoms with Crippen molar-refractivity contribution < 1.29 is 13.9 Å². The van der Waals surface area contributed by atoms with E-state index in [1.54, 1.807) is 0 Å². The van der Waals surface area contributed by atoms with Crippen LogP contribution in [0.3, 0.4) is 0 Å². The van der Waals surface area contributed by atoms with E-state index in [1.807, 2.05) is 13.8 Å². The molecule has 1 aromatic heterocycles. The van der Waals surface area contributed by atoms with Crippen molar-refractivity contribution in [2.45, 2.75) is 26.2 Å². The highest BCUT2D eigenvalue weighted by Crippen LogP contribution is 2.22. The van der Waals surface area contributed by atoms with Crippen molar-refractivity contribution in [3.05, 3.63) is 35.1 Å². The Hall–Kier alpha value is -2.02. The van der Waals surface area contributed by atoms with Gasteiger partial charge in [0.2, 0.25) is 11.0 Å². The number of anilines is 1. The van der Waals surface area contributed by atoms with Crippen molar-refractivity contribution >= 4 is 22.4 Å². The number of carbonyl (C=O) groups excluding carboxylic acids is 1. The monoisotopic (exact) mass is 309 g/mol. The van der Waals surface area contributed by atoms with Gasteiger partial charge >= 0.3 is 0 Å². The van der Waals surface area contributed by atoms with Crippen LogP contribution in [0.4, 0.5) is 9.52 Å². The first kappa shape index (κ1) is 15.4. The third-order valence-electron chi connectivity index (χ3n) is 2.59. The van der Waals surface area contributed by atoms with Crippen LogP contribution in [-0.2, 0) is 4.79 Å². The van der Waals surface area contributed by atoms with Crippen LogP contribution in [0.15, 0.2) is 24.3 Å². The number of aromatic nitrogens is 2. The van der Waals surface area contributed by atoms with Crippen LogP contribution in [0, 0.1) is 5.82 Å². The van der Waals surface area contributed by atoms with E-state index in [-0.39, 0.29) is 30.7 Å². The van der Waals surface area contributed by atoms with Crippen molar-refractivity contribution in [1.29, 1.82) is 0 Å². The molecule has 0 unspecified atom stereocenters. The molecule has 2 aromatic rings. The molecular weight excluding hydrogens is 293 g/mol. The van der Waals surface area contributed by atoms with Gasteiger partial charge in [0.15, 0.2) is 0 Å². The van der Waals surface area contributed by atoms with Crippen molar-refractivity contribution in [2.75, 3.05) is 11.9 Å². The van der Waals surface area contributed by atoms with Crippen molar-refractivity contribution in [3.8, 4) is 5.75 Å². The minimum Gasteiger partial charge on any atom is -0.493 e. The largest absolute Gasteiger partial charge is 0.493 e.